The number of benzene rings is 2. The Hall–Kier alpha value is -2.62. The second-order valence-corrected chi connectivity index (χ2v) is 5.11. The smallest absolute Gasteiger partial charge is 0.275 e. The van der Waals surface area contributed by atoms with Crippen LogP contribution in [0, 0.1) is 0 Å². The largest absolute Gasteiger partial charge is 0.351 e. The zero-order valence-electron chi connectivity index (χ0n) is 12.9. The number of para-hydroxylation sites is 1. The number of rotatable bonds is 4. The van der Waals surface area contributed by atoms with E-state index in [1.54, 1.807) is 4.57 Å². The first kappa shape index (κ1) is 14.3. The van der Waals surface area contributed by atoms with Gasteiger partial charge in [0.15, 0.2) is 5.82 Å². The fourth-order valence-corrected chi connectivity index (χ4v) is 2.66. The van der Waals surface area contributed by atoms with Crippen LogP contribution in [0.15, 0.2) is 59.4 Å². The average Bonchev–Trinajstić information content (AvgIpc) is 2.92. The maximum Gasteiger partial charge on any atom is 0.351 e. The summed E-state index contributed by atoms with van der Waals surface area (Å²) < 4.78 is 3.23. The lowest BCUT2D eigenvalue weighted by Crippen LogP contribution is -2.24. The van der Waals surface area contributed by atoms with E-state index in [2.05, 4.69) is 12.0 Å². The van der Waals surface area contributed by atoms with Gasteiger partial charge in [0.2, 0.25) is 0 Å². The average molecular weight is 293 g/mol. The highest BCUT2D eigenvalue weighted by molar-refractivity contribution is 5.55. The van der Waals surface area contributed by atoms with Crippen molar-refractivity contribution in [3.63, 3.8) is 0 Å². The molecule has 22 heavy (non-hydrogen) atoms. The first-order valence-electron chi connectivity index (χ1n) is 7.59. The van der Waals surface area contributed by atoms with Gasteiger partial charge in [-0.25, -0.2) is 4.79 Å². The zero-order chi connectivity index (χ0) is 15.5. The second-order valence-electron chi connectivity index (χ2n) is 5.11. The minimum atomic E-state index is -0.0951. The summed E-state index contributed by atoms with van der Waals surface area (Å²) in [6, 6.07) is 17.7. The van der Waals surface area contributed by atoms with Gasteiger partial charge < -0.3 is 0 Å². The highest BCUT2D eigenvalue weighted by atomic mass is 16.2. The first-order chi connectivity index (χ1) is 10.8. The Labute approximate surface area is 129 Å². The van der Waals surface area contributed by atoms with Gasteiger partial charge in [-0.15, -0.1) is 5.10 Å². The monoisotopic (exact) mass is 293 g/mol. The van der Waals surface area contributed by atoms with Crippen molar-refractivity contribution in [1.82, 2.24) is 14.3 Å². The van der Waals surface area contributed by atoms with Gasteiger partial charge in [-0.05, 0) is 25.0 Å². The Morgan fingerprint density at radius 2 is 1.64 bits per heavy atom. The van der Waals surface area contributed by atoms with E-state index in [-0.39, 0.29) is 5.69 Å². The number of aromatic nitrogens is 3. The minimum Gasteiger partial charge on any atom is -0.275 e. The van der Waals surface area contributed by atoms with E-state index >= 15 is 0 Å². The standard InChI is InChI=1S/C18H19N3O/c1-3-14-10-8-9-13-16(14)21-18(22)20(4-2)17(19-21)15-11-6-5-7-12-15/h5-13H,3-4H2,1-2H3. The molecule has 0 amide bonds. The molecule has 0 aliphatic carbocycles. The molecular weight excluding hydrogens is 274 g/mol. The van der Waals surface area contributed by atoms with E-state index in [1.807, 2.05) is 61.5 Å². The molecule has 0 saturated carbocycles. The molecule has 0 atom stereocenters. The zero-order valence-corrected chi connectivity index (χ0v) is 12.9. The van der Waals surface area contributed by atoms with Crippen molar-refractivity contribution in [1.29, 1.82) is 0 Å². The van der Waals surface area contributed by atoms with E-state index in [4.69, 9.17) is 0 Å². The molecule has 0 aliphatic heterocycles. The Morgan fingerprint density at radius 1 is 0.955 bits per heavy atom. The third kappa shape index (κ3) is 2.37. The van der Waals surface area contributed by atoms with Crippen LogP contribution >= 0.6 is 0 Å². The third-order valence-electron chi connectivity index (χ3n) is 3.81. The van der Waals surface area contributed by atoms with Crippen molar-refractivity contribution in [3.8, 4) is 17.1 Å². The van der Waals surface area contributed by atoms with E-state index in [9.17, 15) is 4.79 Å². The summed E-state index contributed by atoms with van der Waals surface area (Å²) in [5.74, 6) is 0.707. The minimum absolute atomic E-state index is 0.0951. The summed E-state index contributed by atoms with van der Waals surface area (Å²) in [6.45, 7) is 4.64. The number of hydrogen-bond donors (Lipinski definition) is 0. The van der Waals surface area contributed by atoms with E-state index in [0.717, 1.165) is 23.2 Å². The van der Waals surface area contributed by atoms with Crippen LogP contribution < -0.4 is 5.69 Å². The molecule has 0 fully saturated rings. The van der Waals surface area contributed by atoms with Crippen molar-refractivity contribution in [2.24, 2.45) is 0 Å². The van der Waals surface area contributed by atoms with Crippen molar-refractivity contribution >= 4 is 0 Å². The van der Waals surface area contributed by atoms with E-state index in [1.165, 1.54) is 4.68 Å². The lowest BCUT2D eigenvalue weighted by molar-refractivity contribution is 0.714. The summed E-state index contributed by atoms with van der Waals surface area (Å²) >= 11 is 0. The van der Waals surface area contributed by atoms with Crippen LogP contribution in [0.1, 0.15) is 19.4 Å². The van der Waals surface area contributed by atoms with Crippen LogP contribution in [0.3, 0.4) is 0 Å². The molecule has 4 nitrogen and oxygen atoms in total. The summed E-state index contributed by atoms with van der Waals surface area (Å²) in [4.78, 5) is 12.7. The fraction of sp³-hybridized carbons (Fsp3) is 0.222. The number of nitrogens with zero attached hydrogens (tertiary/aromatic N) is 3. The quantitative estimate of drug-likeness (QED) is 0.740. The lowest BCUT2D eigenvalue weighted by Gasteiger charge is -2.05. The van der Waals surface area contributed by atoms with Crippen molar-refractivity contribution < 1.29 is 0 Å². The molecule has 1 heterocycles. The lowest BCUT2D eigenvalue weighted by atomic mass is 10.1. The highest BCUT2D eigenvalue weighted by Crippen LogP contribution is 2.18. The van der Waals surface area contributed by atoms with Crippen molar-refractivity contribution in [2.45, 2.75) is 26.8 Å². The molecular formula is C18H19N3O. The highest BCUT2D eigenvalue weighted by Gasteiger charge is 2.16. The molecule has 0 bridgehead atoms. The number of aryl methyl sites for hydroxylation is 1. The predicted molar refractivity (Wildman–Crippen MR) is 88.3 cm³/mol. The summed E-state index contributed by atoms with van der Waals surface area (Å²) in [5, 5.41) is 4.60. The van der Waals surface area contributed by atoms with Crippen LogP contribution in [0.25, 0.3) is 17.1 Å². The maximum atomic E-state index is 12.7. The molecule has 4 heteroatoms. The van der Waals surface area contributed by atoms with Gasteiger partial charge in [-0.2, -0.15) is 4.68 Å². The molecule has 112 valence electrons. The van der Waals surface area contributed by atoms with Gasteiger partial charge >= 0.3 is 5.69 Å². The maximum absolute atomic E-state index is 12.7. The van der Waals surface area contributed by atoms with Crippen LogP contribution in [0.4, 0.5) is 0 Å². The van der Waals surface area contributed by atoms with Gasteiger partial charge in [0.1, 0.15) is 0 Å². The molecule has 0 unspecified atom stereocenters. The molecule has 3 rings (SSSR count). The molecule has 3 aromatic rings. The topological polar surface area (TPSA) is 39.8 Å². The Bertz CT molecular complexity index is 831. The molecule has 0 aliphatic rings. The van der Waals surface area contributed by atoms with Crippen molar-refractivity contribution in [3.05, 3.63) is 70.6 Å². The molecule has 0 radical (unpaired) electrons. The Kier molecular flexibility index (Phi) is 3.92. The first-order valence-corrected chi connectivity index (χ1v) is 7.59. The molecule has 1 aromatic heterocycles. The normalized spacial score (nSPS) is 10.8. The van der Waals surface area contributed by atoms with Crippen LogP contribution in [0.2, 0.25) is 0 Å². The Balaban J connectivity index is 2.23. The fourth-order valence-electron chi connectivity index (χ4n) is 2.66. The van der Waals surface area contributed by atoms with Crippen LogP contribution in [-0.2, 0) is 13.0 Å². The van der Waals surface area contributed by atoms with E-state index in [0.29, 0.717) is 12.4 Å². The predicted octanol–water partition coefficient (Wildman–Crippen LogP) is 3.28. The van der Waals surface area contributed by atoms with Gasteiger partial charge in [-0.3, -0.25) is 4.57 Å². The van der Waals surface area contributed by atoms with Gasteiger partial charge in [-0.1, -0.05) is 55.5 Å². The molecule has 0 saturated heterocycles. The number of hydrogen-bond acceptors (Lipinski definition) is 2. The van der Waals surface area contributed by atoms with Gasteiger partial charge in [0, 0.05) is 12.1 Å². The van der Waals surface area contributed by atoms with Crippen LogP contribution in [0.5, 0.6) is 0 Å². The summed E-state index contributed by atoms with van der Waals surface area (Å²) in [5.41, 5.74) is 2.83. The van der Waals surface area contributed by atoms with Gasteiger partial charge in [0.25, 0.3) is 0 Å². The van der Waals surface area contributed by atoms with E-state index < -0.39 is 0 Å². The summed E-state index contributed by atoms with van der Waals surface area (Å²) in [6.07, 6.45) is 0.863. The Morgan fingerprint density at radius 3 is 2.32 bits per heavy atom. The molecule has 2 aromatic carbocycles. The van der Waals surface area contributed by atoms with Crippen LogP contribution in [-0.4, -0.2) is 14.3 Å². The molecule has 0 N–H and O–H groups in total. The second kappa shape index (κ2) is 6.02. The van der Waals surface area contributed by atoms with Gasteiger partial charge in [0.05, 0.1) is 5.69 Å². The summed E-state index contributed by atoms with van der Waals surface area (Å²) in [7, 11) is 0. The molecule has 0 spiro atoms. The third-order valence-corrected chi connectivity index (χ3v) is 3.81. The van der Waals surface area contributed by atoms with Crippen molar-refractivity contribution in [2.75, 3.05) is 0 Å². The SMILES string of the molecule is CCc1ccccc1-n1nc(-c2ccccc2)n(CC)c1=O.